The summed E-state index contributed by atoms with van der Waals surface area (Å²) in [4.78, 5) is 6.88. The number of rotatable bonds is 4. The second-order valence-electron chi connectivity index (χ2n) is 5.00. The van der Waals surface area contributed by atoms with Gasteiger partial charge in [0.1, 0.15) is 5.01 Å². The lowest BCUT2D eigenvalue weighted by Gasteiger charge is -2.33. The van der Waals surface area contributed by atoms with E-state index < -0.39 is 0 Å². The summed E-state index contributed by atoms with van der Waals surface area (Å²) in [5, 5.41) is 6.90. The molecule has 100 valence electrons. The van der Waals surface area contributed by atoms with Gasteiger partial charge in [0.15, 0.2) is 0 Å². The van der Waals surface area contributed by atoms with E-state index in [1.54, 1.807) is 11.3 Å². The molecule has 2 heterocycles. The molecule has 0 amide bonds. The van der Waals surface area contributed by atoms with Gasteiger partial charge in [-0.05, 0) is 12.0 Å². The molecule has 1 saturated heterocycles. The van der Waals surface area contributed by atoms with Crippen LogP contribution >= 0.6 is 11.3 Å². The molecular formula is C15H19N3S. The van der Waals surface area contributed by atoms with Crippen molar-refractivity contribution in [2.75, 3.05) is 19.6 Å². The highest BCUT2D eigenvalue weighted by atomic mass is 32.1. The Kier molecular flexibility index (Phi) is 4.23. The fourth-order valence-corrected chi connectivity index (χ4v) is 3.25. The zero-order chi connectivity index (χ0) is 12.9. The van der Waals surface area contributed by atoms with Gasteiger partial charge in [0.25, 0.3) is 0 Å². The van der Waals surface area contributed by atoms with E-state index in [4.69, 9.17) is 0 Å². The van der Waals surface area contributed by atoms with Crippen LogP contribution in [-0.2, 0) is 13.0 Å². The monoisotopic (exact) mass is 273 g/mol. The van der Waals surface area contributed by atoms with E-state index in [1.807, 2.05) is 6.20 Å². The molecule has 0 saturated carbocycles. The van der Waals surface area contributed by atoms with Gasteiger partial charge in [0.05, 0.1) is 6.54 Å². The van der Waals surface area contributed by atoms with E-state index >= 15 is 0 Å². The van der Waals surface area contributed by atoms with Gasteiger partial charge in [-0.25, -0.2) is 4.98 Å². The number of benzene rings is 1. The van der Waals surface area contributed by atoms with E-state index in [1.165, 1.54) is 10.6 Å². The van der Waals surface area contributed by atoms with Crippen molar-refractivity contribution in [3.05, 3.63) is 52.5 Å². The van der Waals surface area contributed by atoms with E-state index in [-0.39, 0.29) is 0 Å². The normalized spacial score (nSPS) is 20.5. The van der Waals surface area contributed by atoms with Crippen LogP contribution in [0.1, 0.15) is 10.6 Å². The Morgan fingerprint density at radius 2 is 2.21 bits per heavy atom. The molecule has 4 heteroatoms. The maximum atomic E-state index is 4.38. The molecule has 3 rings (SSSR count). The van der Waals surface area contributed by atoms with Crippen molar-refractivity contribution >= 4 is 11.3 Å². The van der Waals surface area contributed by atoms with Crippen LogP contribution in [-0.4, -0.2) is 35.6 Å². The average molecular weight is 273 g/mol. The standard InChI is InChI=1S/C15H19N3S/c1-2-4-13(5-3-1)10-14-11-18(8-6-16-14)12-15-17-7-9-19-15/h1-5,7,9,14,16H,6,8,10-12H2. The molecule has 1 aromatic carbocycles. The third-order valence-electron chi connectivity index (χ3n) is 3.51. The van der Waals surface area contributed by atoms with Crippen molar-refractivity contribution in [1.29, 1.82) is 0 Å². The van der Waals surface area contributed by atoms with Crippen molar-refractivity contribution < 1.29 is 0 Å². The lowest BCUT2D eigenvalue weighted by Crippen LogP contribution is -2.51. The summed E-state index contributed by atoms with van der Waals surface area (Å²) >= 11 is 1.75. The van der Waals surface area contributed by atoms with Crippen LogP contribution < -0.4 is 5.32 Å². The minimum absolute atomic E-state index is 0.552. The molecular weight excluding hydrogens is 254 g/mol. The first-order valence-corrected chi connectivity index (χ1v) is 7.66. The number of thiazole rings is 1. The summed E-state index contributed by atoms with van der Waals surface area (Å²) < 4.78 is 0. The molecule has 1 unspecified atom stereocenters. The van der Waals surface area contributed by atoms with Gasteiger partial charge in [0, 0.05) is 37.3 Å². The Balaban J connectivity index is 1.56. The van der Waals surface area contributed by atoms with Gasteiger partial charge in [-0.1, -0.05) is 30.3 Å². The fourth-order valence-electron chi connectivity index (χ4n) is 2.60. The summed E-state index contributed by atoms with van der Waals surface area (Å²) in [6.07, 6.45) is 3.00. The molecule has 0 spiro atoms. The lowest BCUT2D eigenvalue weighted by molar-refractivity contribution is 0.191. The summed E-state index contributed by atoms with van der Waals surface area (Å²) in [5.74, 6) is 0. The number of piperazine rings is 1. The predicted molar refractivity (Wildman–Crippen MR) is 79.3 cm³/mol. The molecule has 3 nitrogen and oxygen atoms in total. The third-order valence-corrected chi connectivity index (χ3v) is 4.27. The van der Waals surface area contributed by atoms with Gasteiger partial charge < -0.3 is 5.32 Å². The predicted octanol–water partition coefficient (Wildman–Crippen LogP) is 2.16. The van der Waals surface area contributed by atoms with Gasteiger partial charge in [-0.3, -0.25) is 4.90 Å². The third kappa shape index (κ3) is 3.62. The largest absolute Gasteiger partial charge is 0.311 e. The number of aromatic nitrogens is 1. The van der Waals surface area contributed by atoms with Crippen LogP contribution in [0.5, 0.6) is 0 Å². The Labute approximate surface area is 118 Å². The molecule has 1 N–H and O–H groups in total. The van der Waals surface area contributed by atoms with E-state index in [2.05, 4.69) is 50.9 Å². The van der Waals surface area contributed by atoms with Crippen LogP contribution in [0.15, 0.2) is 41.9 Å². The minimum Gasteiger partial charge on any atom is -0.311 e. The zero-order valence-corrected chi connectivity index (χ0v) is 11.8. The topological polar surface area (TPSA) is 28.2 Å². The summed E-state index contributed by atoms with van der Waals surface area (Å²) in [6.45, 7) is 4.28. The summed E-state index contributed by atoms with van der Waals surface area (Å²) in [6, 6.07) is 11.3. The van der Waals surface area contributed by atoms with Gasteiger partial charge in [0.2, 0.25) is 0 Å². The molecule has 0 radical (unpaired) electrons. The smallest absolute Gasteiger partial charge is 0.107 e. The second kappa shape index (κ2) is 6.28. The average Bonchev–Trinajstić information content (AvgIpc) is 2.93. The fraction of sp³-hybridized carbons (Fsp3) is 0.400. The quantitative estimate of drug-likeness (QED) is 0.925. The highest BCUT2D eigenvalue weighted by Crippen LogP contribution is 2.12. The van der Waals surface area contributed by atoms with Crippen molar-refractivity contribution in [2.24, 2.45) is 0 Å². The van der Waals surface area contributed by atoms with E-state index in [0.717, 1.165) is 32.6 Å². The molecule has 1 aliphatic rings. The van der Waals surface area contributed by atoms with Crippen molar-refractivity contribution in [3.63, 3.8) is 0 Å². The van der Waals surface area contributed by atoms with E-state index in [0.29, 0.717) is 6.04 Å². The molecule has 1 fully saturated rings. The molecule has 0 aliphatic carbocycles. The van der Waals surface area contributed by atoms with Gasteiger partial charge in [-0.15, -0.1) is 11.3 Å². The Morgan fingerprint density at radius 1 is 1.32 bits per heavy atom. The first-order valence-electron chi connectivity index (χ1n) is 6.78. The first kappa shape index (κ1) is 12.8. The van der Waals surface area contributed by atoms with Crippen LogP contribution in [0.3, 0.4) is 0 Å². The summed E-state index contributed by atoms with van der Waals surface area (Å²) in [5.41, 5.74) is 1.41. The van der Waals surface area contributed by atoms with Crippen molar-refractivity contribution in [1.82, 2.24) is 15.2 Å². The Bertz CT molecular complexity index is 483. The molecule has 1 atom stereocenters. The van der Waals surface area contributed by atoms with Crippen molar-refractivity contribution in [2.45, 2.75) is 19.0 Å². The van der Waals surface area contributed by atoms with Crippen LogP contribution in [0.25, 0.3) is 0 Å². The molecule has 1 aliphatic heterocycles. The maximum absolute atomic E-state index is 4.38. The van der Waals surface area contributed by atoms with Crippen molar-refractivity contribution in [3.8, 4) is 0 Å². The van der Waals surface area contributed by atoms with Crippen LogP contribution in [0, 0.1) is 0 Å². The first-order chi connectivity index (χ1) is 9.40. The number of hydrogen-bond donors (Lipinski definition) is 1. The van der Waals surface area contributed by atoms with E-state index in [9.17, 15) is 0 Å². The maximum Gasteiger partial charge on any atom is 0.107 e. The highest BCUT2D eigenvalue weighted by molar-refractivity contribution is 7.09. The number of nitrogens with zero attached hydrogens (tertiary/aromatic N) is 2. The Hall–Kier alpha value is -1.23. The van der Waals surface area contributed by atoms with Gasteiger partial charge >= 0.3 is 0 Å². The lowest BCUT2D eigenvalue weighted by atomic mass is 10.0. The molecule has 2 aromatic rings. The van der Waals surface area contributed by atoms with Gasteiger partial charge in [-0.2, -0.15) is 0 Å². The summed E-state index contributed by atoms with van der Waals surface area (Å²) in [7, 11) is 0. The molecule has 1 aromatic heterocycles. The minimum atomic E-state index is 0.552. The molecule has 19 heavy (non-hydrogen) atoms. The van der Waals surface area contributed by atoms with Crippen LogP contribution in [0.4, 0.5) is 0 Å². The molecule has 0 bridgehead atoms. The number of hydrogen-bond acceptors (Lipinski definition) is 4. The SMILES string of the molecule is c1ccc(CC2CN(Cc3nccs3)CCN2)cc1. The highest BCUT2D eigenvalue weighted by Gasteiger charge is 2.19. The Morgan fingerprint density at radius 3 is 3.00 bits per heavy atom. The second-order valence-corrected chi connectivity index (χ2v) is 5.98. The van der Waals surface area contributed by atoms with Crippen LogP contribution in [0.2, 0.25) is 0 Å². The number of nitrogens with one attached hydrogen (secondary N) is 1. The zero-order valence-electron chi connectivity index (χ0n) is 11.0.